The van der Waals surface area contributed by atoms with E-state index in [1.807, 2.05) is 31.4 Å². The largest absolute Gasteiger partial charge is 0.378 e. The lowest BCUT2D eigenvalue weighted by molar-refractivity contribution is -0.113. The number of rotatable bonds is 9. The van der Waals surface area contributed by atoms with E-state index in [0.29, 0.717) is 28.3 Å². The number of thioether (sulfide) groups is 1. The van der Waals surface area contributed by atoms with Gasteiger partial charge in [-0.1, -0.05) is 58.7 Å². The van der Waals surface area contributed by atoms with Crippen molar-refractivity contribution in [2.24, 2.45) is 0 Å². The van der Waals surface area contributed by atoms with Crippen LogP contribution in [0.5, 0.6) is 0 Å². The molecule has 0 saturated carbocycles. The van der Waals surface area contributed by atoms with Gasteiger partial charge in [-0.3, -0.25) is 4.79 Å². The Labute approximate surface area is 202 Å². The summed E-state index contributed by atoms with van der Waals surface area (Å²) in [6, 6.07) is 9.45. The molecular formula is C23H25Cl2N5OS. The maximum absolute atomic E-state index is 12.6. The van der Waals surface area contributed by atoms with Gasteiger partial charge in [-0.2, -0.15) is 0 Å². The van der Waals surface area contributed by atoms with E-state index in [9.17, 15) is 4.79 Å². The molecule has 0 aliphatic rings. The monoisotopic (exact) mass is 489 g/mol. The number of carbonyl (C=O) groups is 1. The number of nitrogens with zero attached hydrogens (tertiary/aromatic N) is 3. The molecule has 3 rings (SSSR count). The summed E-state index contributed by atoms with van der Waals surface area (Å²) in [5.41, 5.74) is 4.95. The van der Waals surface area contributed by atoms with Crippen LogP contribution in [0.3, 0.4) is 0 Å². The molecule has 3 aromatic rings. The molecule has 0 aliphatic carbocycles. The molecule has 1 aromatic heterocycles. The zero-order chi connectivity index (χ0) is 23.3. The summed E-state index contributed by atoms with van der Waals surface area (Å²) in [5.74, 6) is 0.861. The third-order valence-corrected chi connectivity index (χ3v) is 6.45. The molecule has 0 aliphatic heterocycles. The maximum Gasteiger partial charge on any atom is 0.234 e. The highest BCUT2D eigenvalue weighted by Gasteiger charge is 2.15. The van der Waals surface area contributed by atoms with E-state index in [4.69, 9.17) is 23.2 Å². The molecule has 2 aromatic carbocycles. The van der Waals surface area contributed by atoms with Gasteiger partial charge in [0.15, 0.2) is 11.0 Å². The van der Waals surface area contributed by atoms with Gasteiger partial charge in [0, 0.05) is 17.9 Å². The van der Waals surface area contributed by atoms with Crippen molar-refractivity contribution in [2.75, 3.05) is 16.4 Å². The minimum absolute atomic E-state index is 0.0892. The van der Waals surface area contributed by atoms with Crippen molar-refractivity contribution >= 4 is 52.2 Å². The number of amides is 1. The van der Waals surface area contributed by atoms with Gasteiger partial charge >= 0.3 is 0 Å². The first kappa shape index (κ1) is 24.2. The molecule has 0 saturated heterocycles. The standard InChI is InChI=1S/C23H25Cl2N5OS/c1-5-8-30-20(12-26-17-6-7-18(24)19(25)11-17)28-29-23(30)32-13-21(31)27-22-15(3)9-14(2)10-16(22)4/h5-7,9-11,26H,1,8,12-13H2,2-4H3,(H,27,31). The normalized spacial score (nSPS) is 10.8. The number of aromatic nitrogens is 3. The summed E-state index contributed by atoms with van der Waals surface area (Å²) in [6.45, 7) is 10.8. The Balaban J connectivity index is 1.65. The number of hydrogen-bond donors (Lipinski definition) is 2. The quantitative estimate of drug-likeness (QED) is 0.283. The van der Waals surface area contributed by atoms with E-state index >= 15 is 0 Å². The molecule has 9 heteroatoms. The van der Waals surface area contributed by atoms with Crippen LogP contribution in [-0.2, 0) is 17.9 Å². The van der Waals surface area contributed by atoms with Crippen LogP contribution in [0.25, 0.3) is 0 Å². The first-order chi connectivity index (χ1) is 15.3. The minimum Gasteiger partial charge on any atom is -0.378 e. The van der Waals surface area contributed by atoms with Crippen LogP contribution in [0.2, 0.25) is 10.0 Å². The van der Waals surface area contributed by atoms with Crippen molar-refractivity contribution in [2.45, 2.75) is 39.0 Å². The SMILES string of the molecule is C=CCn1c(CNc2ccc(Cl)c(Cl)c2)nnc1SCC(=O)Nc1c(C)cc(C)cc1C. The minimum atomic E-state index is -0.0892. The second-order valence-corrected chi connectivity index (χ2v) is 9.15. The average Bonchev–Trinajstić information content (AvgIpc) is 3.12. The summed E-state index contributed by atoms with van der Waals surface area (Å²) in [6.07, 6.45) is 1.77. The first-order valence-corrected chi connectivity index (χ1v) is 11.7. The lowest BCUT2D eigenvalue weighted by atomic mass is 10.1. The zero-order valence-corrected chi connectivity index (χ0v) is 20.5. The topological polar surface area (TPSA) is 71.8 Å². The number of halogens is 2. The third-order valence-electron chi connectivity index (χ3n) is 4.75. The molecule has 0 unspecified atom stereocenters. The lowest BCUT2D eigenvalue weighted by Crippen LogP contribution is -2.16. The third kappa shape index (κ3) is 6.06. The van der Waals surface area contributed by atoms with Gasteiger partial charge in [0.25, 0.3) is 0 Å². The molecule has 0 radical (unpaired) electrons. The molecular weight excluding hydrogens is 465 g/mol. The van der Waals surface area contributed by atoms with Crippen molar-refractivity contribution in [1.82, 2.24) is 14.8 Å². The zero-order valence-electron chi connectivity index (χ0n) is 18.2. The number of benzene rings is 2. The number of aryl methyl sites for hydroxylation is 3. The summed E-state index contributed by atoms with van der Waals surface area (Å²) in [7, 11) is 0. The molecule has 6 nitrogen and oxygen atoms in total. The van der Waals surface area contributed by atoms with E-state index in [-0.39, 0.29) is 11.7 Å². The number of carbonyl (C=O) groups excluding carboxylic acids is 1. The number of nitrogens with one attached hydrogen (secondary N) is 2. The molecule has 2 N–H and O–H groups in total. The van der Waals surface area contributed by atoms with Crippen molar-refractivity contribution in [1.29, 1.82) is 0 Å². The fourth-order valence-electron chi connectivity index (χ4n) is 3.34. The van der Waals surface area contributed by atoms with Gasteiger partial charge in [0.05, 0.1) is 22.3 Å². The fourth-order valence-corrected chi connectivity index (χ4v) is 4.40. The van der Waals surface area contributed by atoms with Gasteiger partial charge in [0.2, 0.25) is 5.91 Å². The van der Waals surface area contributed by atoms with Gasteiger partial charge in [-0.05, 0) is 50.1 Å². The Bertz CT molecular complexity index is 1120. The maximum atomic E-state index is 12.6. The second kappa shape index (κ2) is 10.9. The van der Waals surface area contributed by atoms with Crippen molar-refractivity contribution < 1.29 is 4.79 Å². The van der Waals surface area contributed by atoms with Crippen LogP contribution in [0.15, 0.2) is 48.1 Å². The van der Waals surface area contributed by atoms with Gasteiger partial charge in [-0.25, -0.2) is 0 Å². The van der Waals surface area contributed by atoms with Crippen LogP contribution in [0.1, 0.15) is 22.5 Å². The molecule has 32 heavy (non-hydrogen) atoms. The van der Waals surface area contributed by atoms with Crippen LogP contribution in [0, 0.1) is 20.8 Å². The number of allylic oxidation sites excluding steroid dienone is 1. The Kier molecular flexibility index (Phi) is 8.23. The Morgan fingerprint density at radius 3 is 2.50 bits per heavy atom. The van der Waals surface area contributed by atoms with Crippen molar-refractivity contribution in [3.8, 4) is 0 Å². The second-order valence-electron chi connectivity index (χ2n) is 7.39. The van der Waals surface area contributed by atoms with Crippen LogP contribution in [-0.4, -0.2) is 26.4 Å². The summed E-state index contributed by atoms with van der Waals surface area (Å²) >= 11 is 13.4. The highest BCUT2D eigenvalue weighted by molar-refractivity contribution is 7.99. The molecule has 0 spiro atoms. The van der Waals surface area contributed by atoms with Gasteiger partial charge in [-0.15, -0.1) is 16.8 Å². The van der Waals surface area contributed by atoms with E-state index < -0.39 is 0 Å². The highest BCUT2D eigenvalue weighted by atomic mass is 35.5. The molecule has 0 atom stereocenters. The molecule has 1 amide bonds. The Morgan fingerprint density at radius 1 is 1.12 bits per heavy atom. The highest BCUT2D eigenvalue weighted by Crippen LogP contribution is 2.26. The van der Waals surface area contributed by atoms with Gasteiger partial charge < -0.3 is 15.2 Å². The van der Waals surface area contributed by atoms with E-state index in [2.05, 4.69) is 39.5 Å². The fraction of sp³-hybridized carbons (Fsp3) is 0.261. The van der Waals surface area contributed by atoms with Crippen molar-refractivity contribution in [3.05, 3.63) is 75.5 Å². The summed E-state index contributed by atoms with van der Waals surface area (Å²) in [5, 5.41) is 16.5. The van der Waals surface area contributed by atoms with Crippen LogP contribution >= 0.6 is 35.0 Å². The molecule has 0 fully saturated rings. The van der Waals surface area contributed by atoms with E-state index in [0.717, 1.165) is 28.3 Å². The predicted octanol–water partition coefficient (Wildman–Crippen LogP) is 6.04. The summed E-state index contributed by atoms with van der Waals surface area (Å²) in [4.78, 5) is 12.6. The Hall–Kier alpha value is -2.48. The molecule has 168 valence electrons. The van der Waals surface area contributed by atoms with Crippen molar-refractivity contribution in [3.63, 3.8) is 0 Å². The molecule has 1 heterocycles. The van der Waals surface area contributed by atoms with Crippen LogP contribution < -0.4 is 10.6 Å². The Morgan fingerprint density at radius 2 is 1.84 bits per heavy atom. The summed E-state index contributed by atoms with van der Waals surface area (Å²) < 4.78 is 1.93. The lowest BCUT2D eigenvalue weighted by Gasteiger charge is -2.13. The molecule has 0 bridgehead atoms. The van der Waals surface area contributed by atoms with E-state index in [1.165, 1.54) is 17.3 Å². The smallest absolute Gasteiger partial charge is 0.234 e. The van der Waals surface area contributed by atoms with Crippen LogP contribution in [0.4, 0.5) is 11.4 Å². The average molecular weight is 490 g/mol. The van der Waals surface area contributed by atoms with Gasteiger partial charge in [0.1, 0.15) is 0 Å². The van der Waals surface area contributed by atoms with E-state index in [1.54, 1.807) is 18.2 Å². The predicted molar refractivity (Wildman–Crippen MR) is 134 cm³/mol. The number of hydrogen-bond acceptors (Lipinski definition) is 5. The first-order valence-electron chi connectivity index (χ1n) is 10.0. The number of anilines is 2.